The number of amides is 1. The molecule has 2 rings (SSSR count). The van der Waals surface area contributed by atoms with Crippen molar-refractivity contribution in [3.63, 3.8) is 0 Å². The summed E-state index contributed by atoms with van der Waals surface area (Å²) in [5.74, 6) is 1.15. The van der Waals surface area contributed by atoms with Crippen LogP contribution in [0.15, 0.2) is 0 Å². The molecular weight excluding hydrogens is 230 g/mol. The van der Waals surface area contributed by atoms with Gasteiger partial charge in [0.15, 0.2) is 0 Å². The van der Waals surface area contributed by atoms with Crippen molar-refractivity contribution >= 4 is 21.8 Å². The predicted molar refractivity (Wildman–Crippen MR) is 55.8 cm³/mol. The largest absolute Gasteiger partial charge is 0.339 e. The number of carbonyl (C=O) groups is 1. The van der Waals surface area contributed by atoms with E-state index in [1.807, 2.05) is 0 Å². The van der Waals surface area contributed by atoms with Gasteiger partial charge in [0.2, 0.25) is 5.91 Å². The van der Waals surface area contributed by atoms with E-state index >= 15 is 0 Å². The number of alkyl halides is 1. The Balaban J connectivity index is 1.94. The van der Waals surface area contributed by atoms with Crippen molar-refractivity contribution in [1.29, 1.82) is 0 Å². The minimum Gasteiger partial charge on any atom is -0.339 e. The molecule has 2 aliphatic rings. The van der Waals surface area contributed by atoms with Crippen LogP contribution in [-0.4, -0.2) is 28.2 Å². The van der Waals surface area contributed by atoms with E-state index in [-0.39, 0.29) is 4.83 Å². The first-order valence-electron chi connectivity index (χ1n) is 5.13. The summed E-state index contributed by atoms with van der Waals surface area (Å²) in [6.07, 6.45) is 4.60. The number of likely N-dealkylation sites (tertiary alicyclic amines) is 1. The molecule has 0 aromatic rings. The molecule has 0 aromatic heterocycles. The first kappa shape index (κ1) is 9.50. The molecule has 3 heteroatoms. The molecule has 0 bridgehead atoms. The van der Waals surface area contributed by atoms with Gasteiger partial charge in [-0.3, -0.25) is 4.79 Å². The summed E-state index contributed by atoms with van der Waals surface area (Å²) < 4.78 is 0. The van der Waals surface area contributed by atoms with E-state index in [1.165, 1.54) is 12.8 Å². The molecule has 0 spiro atoms. The summed E-state index contributed by atoms with van der Waals surface area (Å²) in [5.41, 5.74) is 0. The van der Waals surface area contributed by atoms with Gasteiger partial charge in [-0.05, 0) is 31.6 Å². The van der Waals surface area contributed by atoms with E-state index in [4.69, 9.17) is 0 Å². The van der Waals surface area contributed by atoms with E-state index in [0.717, 1.165) is 25.3 Å². The topological polar surface area (TPSA) is 20.3 Å². The monoisotopic (exact) mass is 245 g/mol. The molecule has 2 nitrogen and oxygen atoms in total. The maximum absolute atomic E-state index is 11.7. The van der Waals surface area contributed by atoms with Gasteiger partial charge in [-0.15, -0.1) is 0 Å². The maximum atomic E-state index is 11.7. The van der Waals surface area contributed by atoms with Gasteiger partial charge in [0.25, 0.3) is 0 Å². The third-order valence-corrected chi connectivity index (χ3v) is 4.05. The van der Waals surface area contributed by atoms with Crippen LogP contribution in [0.4, 0.5) is 0 Å². The molecular formula is C10H16BrNO. The number of carbonyl (C=O) groups excluding carboxylic acids is 1. The van der Waals surface area contributed by atoms with E-state index in [1.54, 1.807) is 0 Å². The second-order valence-electron chi connectivity index (χ2n) is 4.37. The Hall–Kier alpha value is -0.0500. The lowest BCUT2D eigenvalue weighted by Gasteiger charge is -2.44. The van der Waals surface area contributed by atoms with Gasteiger partial charge in [-0.1, -0.05) is 22.9 Å². The molecule has 1 amide bonds. The van der Waals surface area contributed by atoms with Crippen LogP contribution in [0.2, 0.25) is 0 Å². The molecule has 2 fully saturated rings. The normalized spacial score (nSPS) is 40.3. The number of piperidine rings is 1. The zero-order valence-electron chi connectivity index (χ0n) is 8.00. The van der Waals surface area contributed by atoms with Gasteiger partial charge >= 0.3 is 0 Å². The predicted octanol–water partition coefficient (Wildman–Crippen LogP) is 2.17. The number of hydrogen-bond acceptors (Lipinski definition) is 1. The highest BCUT2D eigenvalue weighted by molar-refractivity contribution is 9.10. The SMILES string of the molecule is CC1CC(N2CCCC(Br)C2=O)C1. The van der Waals surface area contributed by atoms with E-state index in [9.17, 15) is 4.79 Å². The first-order chi connectivity index (χ1) is 6.18. The highest BCUT2D eigenvalue weighted by Crippen LogP contribution is 2.34. The molecule has 0 N–H and O–H groups in total. The third-order valence-electron chi connectivity index (χ3n) is 3.20. The van der Waals surface area contributed by atoms with E-state index in [2.05, 4.69) is 27.8 Å². The zero-order valence-corrected chi connectivity index (χ0v) is 9.59. The second kappa shape index (κ2) is 3.60. The number of nitrogens with zero attached hydrogens (tertiary/aromatic N) is 1. The van der Waals surface area contributed by atoms with Gasteiger partial charge in [0.1, 0.15) is 0 Å². The Morgan fingerprint density at radius 3 is 2.77 bits per heavy atom. The van der Waals surface area contributed by atoms with Crippen molar-refractivity contribution in [3.8, 4) is 0 Å². The molecule has 1 saturated carbocycles. The van der Waals surface area contributed by atoms with Crippen molar-refractivity contribution < 1.29 is 4.79 Å². The molecule has 1 aliphatic heterocycles. The van der Waals surface area contributed by atoms with Crippen LogP contribution in [0.5, 0.6) is 0 Å². The molecule has 0 aromatic carbocycles. The molecule has 0 radical (unpaired) electrons. The number of hydrogen-bond donors (Lipinski definition) is 0. The molecule has 1 saturated heterocycles. The van der Waals surface area contributed by atoms with Gasteiger partial charge in [-0.2, -0.15) is 0 Å². The second-order valence-corrected chi connectivity index (χ2v) is 5.48. The van der Waals surface area contributed by atoms with E-state index in [0.29, 0.717) is 11.9 Å². The van der Waals surface area contributed by atoms with Gasteiger partial charge in [0, 0.05) is 12.6 Å². The molecule has 13 heavy (non-hydrogen) atoms. The van der Waals surface area contributed by atoms with Gasteiger partial charge in [0.05, 0.1) is 4.83 Å². The van der Waals surface area contributed by atoms with Crippen LogP contribution in [-0.2, 0) is 4.79 Å². The number of rotatable bonds is 1. The third kappa shape index (κ3) is 1.76. The van der Waals surface area contributed by atoms with Gasteiger partial charge < -0.3 is 4.90 Å². The van der Waals surface area contributed by atoms with Crippen LogP contribution < -0.4 is 0 Å². The van der Waals surface area contributed by atoms with Crippen molar-refractivity contribution in [2.45, 2.75) is 43.5 Å². The minimum atomic E-state index is 0.0946. The lowest BCUT2D eigenvalue weighted by Crippen LogP contribution is -2.52. The fourth-order valence-corrected chi connectivity index (χ4v) is 2.92. The maximum Gasteiger partial charge on any atom is 0.236 e. The summed E-state index contributed by atoms with van der Waals surface area (Å²) in [5, 5.41) is 0. The molecule has 1 aliphatic carbocycles. The quantitative estimate of drug-likeness (QED) is 0.649. The fourth-order valence-electron chi connectivity index (χ4n) is 2.33. The van der Waals surface area contributed by atoms with Gasteiger partial charge in [-0.25, -0.2) is 0 Å². The first-order valence-corrected chi connectivity index (χ1v) is 6.04. The standard InChI is InChI=1S/C10H16BrNO/c1-7-5-8(6-7)12-4-2-3-9(11)10(12)13/h7-9H,2-6H2,1H3. The Labute approximate surface area is 87.8 Å². The van der Waals surface area contributed by atoms with Crippen LogP contribution in [0.3, 0.4) is 0 Å². The molecule has 1 heterocycles. The van der Waals surface area contributed by atoms with Crippen LogP contribution >= 0.6 is 15.9 Å². The highest BCUT2D eigenvalue weighted by atomic mass is 79.9. The van der Waals surface area contributed by atoms with Crippen molar-refractivity contribution in [2.24, 2.45) is 5.92 Å². The Kier molecular flexibility index (Phi) is 2.63. The van der Waals surface area contributed by atoms with Crippen molar-refractivity contribution in [1.82, 2.24) is 4.90 Å². The average molecular weight is 246 g/mol. The molecule has 74 valence electrons. The highest BCUT2D eigenvalue weighted by Gasteiger charge is 2.37. The lowest BCUT2D eigenvalue weighted by atomic mass is 9.80. The lowest BCUT2D eigenvalue weighted by molar-refractivity contribution is -0.137. The molecule has 1 atom stereocenters. The summed E-state index contributed by atoms with van der Waals surface area (Å²) in [7, 11) is 0. The smallest absolute Gasteiger partial charge is 0.236 e. The fraction of sp³-hybridized carbons (Fsp3) is 0.900. The molecule has 1 unspecified atom stereocenters. The summed E-state index contributed by atoms with van der Waals surface area (Å²) in [6.45, 7) is 3.24. The Bertz CT molecular complexity index is 213. The van der Waals surface area contributed by atoms with Crippen LogP contribution in [0.1, 0.15) is 32.6 Å². The van der Waals surface area contributed by atoms with Crippen molar-refractivity contribution in [2.75, 3.05) is 6.54 Å². The van der Waals surface area contributed by atoms with E-state index < -0.39 is 0 Å². The average Bonchev–Trinajstić information content (AvgIpc) is 2.05. The minimum absolute atomic E-state index is 0.0946. The summed E-state index contributed by atoms with van der Waals surface area (Å²) >= 11 is 3.44. The van der Waals surface area contributed by atoms with Crippen LogP contribution in [0.25, 0.3) is 0 Å². The number of halogens is 1. The summed E-state index contributed by atoms with van der Waals surface area (Å²) in [6, 6.07) is 0.558. The van der Waals surface area contributed by atoms with Crippen LogP contribution in [0, 0.1) is 5.92 Å². The Morgan fingerprint density at radius 1 is 1.46 bits per heavy atom. The zero-order chi connectivity index (χ0) is 9.42. The summed E-state index contributed by atoms with van der Waals surface area (Å²) in [4.78, 5) is 13.9. The Morgan fingerprint density at radius 2 is 2.15 bits per heavy atom. The van der Waals surface area contributed by atoms with Crippen molar-refractivity contribution in [3.05, 3.63) is 0 Å².